The highest BCUT2D eigenvalue weighted by molar-refractivity contribution is 5.95. The molecule has 1 aliphatic heterocycles. The number of benzene rings is 1. The summed E-state index contributed by atoms with van der Waals surface area (Å²) < 4.78 is 10.5. The smallest absolute Gasteiger partial charge is 0.254 e. The Morgan fingerprint density at radius 3 is 3.05 bits per heavy atom. The van der Waals surface area contributed by atoms with Crippen LogP contribution in [0.5, 0.6) is 0 Å². The van der Waals surface area contributed by atoms with Crippen molar-refractivity contribution >= 4 is 5.91 Å². The van der Waals surface area contributed by atoms with Crippen molar-refractivity contribution in [3.63, 3.8) is 0 Å². The lowest BCUT2D eigenvalue weighted by Crippen LogP contribution is -2.47. The topological polar surface area (TPSA) is 59.0 Å². The Kier molecular flexibility index (Phi) is 4.90. The molecule has 104 valence electrons. The maximum atomic E-state index is 12.5. The van der Waals surface area contributed by atoms with E-state index in [9.17, 15) is 4.79 Å². The van der Waals surface area contributed by atoms with E-state index in [2.05, 4.69) is 0 Å². The van der Waals surface area contributed by atoms with Crippen molar-refractivity contribution < 1.29 is 19.4 Å². The number of aliphatic hydroxyl groups is 1. The largest absolute Gasteiger partial charge is 0.394 e. The van der Waals surface area contributed by atoms with Crippen LogP contribution in [0.15, 0.2) is 24.3 Å². The van der Waals surface area contributed by atoms with Gasteiger partial charge in [0.2, 0.25) is 0 Å². The van der Waals surface area contributed by atoms with Crippen molar-refractivity contribution in [2.24, 2.45) is 0 Å². The van der Waals surface area contributed by atoms with Crippen LogP contribution in [0, 0.1) is 0 Å². The fourth-order valence-electron chi connectivity index (χ4n) is 2.19. The Bertz CT molecular complexity index is 435. The summed E-state index contributed by atoms with van der Waals surface area (Å²) in [7, 11) is 1.61. The van der Waals surface area contributed by atoms with Crippen molar-refractivity contribution in [1.82, 2.24) is 4.90 Å². The molecule has 5 nitrogen and oxygen atoms in total. The molecule has 0 aromatic heterocycles. The van der Waals surface area contributed by atoms with E-state index in [-0.39, 0.29) is 18.6 Å². The molecule has 19 heavy (non-hydrogen) atoms. The van der Waals surface area contributed by atoms with Gasteiger partial charge in [-0.1, -0.05) is 18.2 Å². The number of rotatable bonds is 4. The zero-order valence-corrected chi connectivity index (χ0v) is 11.0. The maximum Gasteiger partial charge on any atom is 0.254 e. The fourth-order valence-corrected chi connectivity index (χ4v) is 2.19. The van der Waals surface area contributed by atoms with Gasteiger partial charge in [-0.15, -0.1) is 0 Å². The number of ether oxygens (including phenoxy) is 2. The summed E-state index contributed by atoms with van der Waals surface area (Å²) in [5, 5.41) is 9.12. The Morgan fingerprint density at radius 1 is 1.53 bits per heavy atom. The molecule has 1 aromatic carbocycles. The van der Waals surface area contributed by atoms with Gasteiger partial charge in [-0.25, -0.2) is 0 Å². The van der Waals surface area contributed by atoms with Gasteiger partial charge in [0.05, 0.1) is 25.9 Å². The number of methoxy groups -OCH3 is 1. The van der Waals surface area contributed by atoms with Crippen LogP contribution in [0.3, 0.4) is 0 Å². The van der Waals surface area contributed by atoms with Gasteiger partial charge in [-0.2, -0.15) is 0 Å². The molecule has 1 unspecified atom stereocenters. The Morgan fingerprint density at radius 2 is 2.32 bits per heavy atom. The molecule has 0 spiro atoms. The molecule has 2 rings (SSSR count). The zero-order valence-electron chi connectivity index (χ0n) is 11.0. The molecule has 1 fully saturated rings. The highest BCUT2D eigenvalue weighted by Gasteiger charge is 2.25. The van der Waals surface area contributed by atoms with Crippen molar-refractivity contribution in [3.05, 3.63) is 35.4 Å². The van der Waals surface area contributed by atoms with Gasteiger partial charge in [0.1, 0.15) is 0 Å². The molecule has 1 atom stereocenters. The monoisotopic (exact) mass is 265 g/mol. The summed E-state index contributed by atoms with van der Waals surface area (Å²) in [6.45, 7) is 1.79. The van der Waals surface area contributed by atoms with E-state index in [1.165, 1.54) is 0 Å². The van der Waals surface area contributed by atoms with E-state index in [0.29, 0.717) is 31.9 Å². The molecule has 1 aliphatic rings. The second-order valence-corrected chi connectivity index (χ2v) is 4.52. The zero-order chi connectivity index (χ0) is 13.7. The third-order valence-corrected chi connectivity index (χ3v) is 3.18. The molecule has 1 heterocycles. The highest BCUT2D eigenvalue weighted by Crippen LogP contribution is 2.15. The first-order valence-electron chi connectivity index (χ1n) is 6.35. The molecule has 1 N–H and O–H groups in total. The van der Waals surface area contributed by atoms with Crippen LogP contribution in [0.25, 0.3) is 0 Å². The van der Waals surface area contributed by atoms with Crippen LogP contribution >= 0.6 is 0 Å². The number of amides is 1. The van der Waals surface area contributed by atoms with Crippen LogP contribution in [0.1, 0.15) is 15.9 Å². The van der Waals surface area contributed by atoms with Crippen LogP contribution in [0.2, 0.25) is 0 Å². The van der Waals surface area contributed by atoms with Gasteiger partial charge in [0.25, 0.3) is 5.91 Å². The number of nitrogens with zero attached hydrogens (tertiary/aromatic N) is 1. The summed E-state index contributed by atoms with van der Waals surface area (Å²) in [6, 6.07) is 7.43. The highest BCUT2D eigenvalue weighted by atomic mass is 16.5. The molecule has 1 amide bonds. The predicted octanol–water partition coefficient (Wildman–Crippen LogP) is 0.666. The molecular weight excluding hydrogens is 246 g/mol. The summed E-state index contributed by atoms with van der Waals surface area (Å²) >= 11 is 0. The number of hydrogen-bond acceptors (Lipinski definition) is 4. The van der Waals surface area contributed by atoms with Crippen molar-refractivity contribution in [1.29, 1.82) is 0 Å². The molecule has 0 radical (unpaired) electrons. The molecule has 1 aromatic rings. The molecule has 5 heteroatoms. The van der Waals surface area contributed by atoms with Crippen LogP contribution in [0.4, 0.5) is 0 Å². The van der Waals surface area contributed by atoms with Crippen molar-refractivity contribution in [2.75, 3.05) is 33.4 Å². The van der Waals surface area contributed by atoms with Crippen LogP contribution < -0.4 is 0 Å². The lowest BCUT2D eigenvalue weighted by molar-refractivity contribution is -0.0447. The van der Waals surface area contributed by atoms with Gasteiger partial charge < -0.3 is 19.5 Å². The van der Waals surface area contributed by atoms with Gasteiger partial charge in [-0.3, -0.25) is 4.79 Å². The first-order valence-corrected chi connectivity index (χ1v) is 6.35. The standard InChI is InChI=1S/C14H19NO4/c1-18-10-11-4-2-3-5-13(11)14(17)15-6-7-19-12(8-15)9-16/h2-5,12,16H,6-10H2,1H3. The normalized spacial score (nSPS) is 19.5. The quantitative estimate of drug-likeness (QED) is 0.869. The first kappa shape index (κ1) is 14.0. The Labute approximate surface area is 112 Å². The number of carbonyl (C=O) groups is 1. The maximum absolute atomic E-state index is 12.5. The van der Waals surface area contributed by atoms with Crippen molar-refractivity contribution in [2.45, 2.75) is 12.7 Å². The summed E-state index contributed by atoms with van der Waals surface area (Å²) in [4.78, 5) is 14.2. The van der Waals surface area contributed by atoms with E-state index in [1.54, 1.807) is 18.1 Å². The predicted molar refractivity (Wildman–Crippen MR) is 69.9 cm³/mol. The minimum atomic E-state index is -0.285. The average molecular weight is 265 g/mol. The third kappa shape index (κ3) is 3.32. The molecule has 0 saturated carbocycles. The summed E-state index contributed by atoms with van der Waals surface area (Å²) in [5.41, 5.74) is 1.53. The van der Waals surface area contributed by atoms with E-state index in [1.807, 2.05) is 18.2 Å². The van der Waals surface area contributed by atoms with E-state index >= 15 is 0 Å². The van der Waals surface area contributed by atoms with Crippen LogP contribution in [-0.2, 0) is 16.1 Å². The Hall–Kier alpha value is -1.43. The average Bonchev–Trinajstić information content (AvgIpc) is 2.47. The minimum absolute atomic E-state index is 0.0330. The first-order chi connectivity index (χ1) is 9.26. The van der Waals surface area contributed by atoms with E-state index < -0.39 is 0 Å². The van der Waals surface area contributed by atoms with E-state index in [4.69, 9.17) is 14.6 Å². The number of hydrogen-bond donors (Lipinski definition) is 1. The number of carbonyl (C=O) groups excluding carboxylic acids is 1. The lowest BCUT2D eigenvalue weighted by atomic mass is 10.1. The van der Waals surface area contributed by atoms with Crippen LogP contribution in [-0.4, -0.2) is 55.4 Å². The second kappa shape index (κ2) is 6.65. The molecular formula is C14H19NO4. The molecule has 0 aliphatic carbocycles. The number of aliphatic hydroxyl groups excluding tert-OH is 1. The van der Waals surface area contributed by atoms with Gasteiger partial charge in [0, 0.05) is 25.8 Å². The van der Waals surface area contributed by atoms with Gasteiger partial charge in [-0.05, 0) is 11.6 Å². The van der Waals surface area contributed by atoms with Gasteiger partial charge in [0.15, 0.2) is 0 Å². The van der Waals surface area contributed by atoms with E-state index in [0.717, 1.165) is 5.56 Å². The SMILES string of the molecule is COCc1ccccc1C(=O)N1CCOC(CO)C1. The summed E-state index contributed by atoms with van der Waals surface area (Å²) in [5.74, 6) is -0.0330. The fraction of sp³-hybridized carbons (Fsp3) is 0.500. The summed E-state index contributed by atoms with van der Waals surface area (Å²) in [6.07, 6.45) is -0.285. The minimum Gasteiger partial charge on any atom is -0.394 e. The third-order valence-electron chi connectivity index (χ3n) is 3.18. The number of morpholine rings is 1. The van der Waals surface area contributed by atoms with Crippen molar-refractivity contribution in [3.8, 4) is 0 Å². The second-order valence-electron chi connectivity index (χ2n) is 4.52. The lowest BCUT2D eigenvalue weighted by Gasteiger charge is -2.32. The molecule has 1 saturated heterocycles. The Balaban J connectivity index is 2.14. The molecule has 0 bridgehead atoms. The van der Waals surface area contributed by atoms with Gasteiger partial charge >= 0.3 is 0 Å².